The van der Waals surface area contributed by atoms with Crippen molar-refractivity contribution >= 4 is 5.96 Å². The Balaban J connectivity index is 3.59. The molecule has 0 heterocycles. The second-order valence-corrected chi connectivity index (χ2v) is 3.96. The molecule has 0 aliphatic carbocycles. The SMILES string of the molecule is CCCN=C(NCC)NCCCOC(C)C. The molecule has 0 spiro atoms. The first-order valence-electron chi connectivity index (χ1n) is 6.34. The van der Waals surface area contributed by atoms with E-state index in [0.717, 1.165) is 45.0 Å². The van der Waals surface area contributed by atoms with Crippen LogP contribution >= 0.6 is 0 Å². The Kier molecular flexibility index (Phi) is 10.2. The Morgan fingerprint density at radius 3 is 2.56 bits per heavy atom. The van der Waals surface area contributed by atoms with Gasteiger partial charge in [-0.3, -0.25) is 4.99 Å². The molecule has 0 saturated carbocycles. The molecule has 0 saturated heterocycles. The van der Waals surface area contributed by atoms with E-state index in [9.17, 15) is 0 Å². The Hall–Kier alpha value is -0.770. The number of hydrogen-bond acceptors (Lipinski definition) is 2. The molecule has 0 aromatic heterocycles. The first-order valence-corrected chi connectivity index (χ1v) is 6.34. The molecule has 0 aliphatic heterocycles. The van der Waals surface area contributed by atoms with E-state index in [2.05, 4.69) is 43.3 Å². The normalized spacial score (nSPS) is 11.9. The fourth-order valence-corrected chi connectivity index (χ4v) is 1.16. The van der Waals surface area contributed by atoms with Crippen LogP contribution in [0.5, 0.6) is 0 Å². The van der Waals surface area contributed by atoms with Crippen molar-refractivity contribution in [3.8, 4) is 0 Å². The number of nitrogens with zero attached hydrogens (tertiary/aromatic N) is 1. The number of aliphatic imine (C=N–C) groups is 1. The molecule has 96 valence electrons. The second-order valence-electron chi connectivity index (χ2n) is 3.96. The van der Waals surface area contributed by atoms with Crippen LogP contribution in [0, 0.1) is 0 Å². The molecule has 16 heavy (non-hydrogen) atoms. The summed E-state index contributed by atoms with van der Waals surface area (Å²) in [5, 5.41) is 6.50. The Morgan fingerprint density at radius 1 is 1.25 bits per heavy atom. The van der Waals surface area contributed by atoms with E-state index < -0.39 is 0 Å². The number of rotatable bonds is 8. The lowest BCUT2D eigenvalue weighted by Gasteiger charge is -2.11. The van der Waals surface area contributed by atoms with Gasteiger partial charge >= 0.3 is 0 Å². The van der Waals surface area contributed by atoms with Gasteiger partial charge < -0.3 is 15.4 Å². The summed E-state index contributed by atoms with van der Waals surface area (Å²) in [6, 6.07) is 0. The highest BCUT2D eigenvalue weighted by Gasteiger charge is 1.96. The Labute approximate surface area is 99.9 Å². The van der Waals surface area contributed by atoms with Gasteiger partial charge in [0.15, 0.2) is 5.96 Å². The number of ether oxygens (including phenoxy) is 1. The van der Waals surface area contributed by atoms with Crippen molar-refractivity contribution in [3.63, 3.8) is 0 Å². The van der Waals surface area contributed by atoms with E-state index >= 15 is 0 Å². The summed E-state index contributed by atoms with van der Waals surface area (Å²) in [6.45, 7) is 11.8. The minimum absolute atomic E-state index is 0.321. The number of hydrogen-bond donors (Lipinski definition) is 2. The van der Waals surface area contributed by atoms with Gasteiger partial charge in [-0.05, 0) is 33.6 Å². The van der Waals surface area contributed by atoms with Gasteiger partial charge in [0.2, 0.25) is 0 Å². The van der Waals surface area contributed by atoms with E-state index in [1.165, 1.54) is 0 Å². The first kappa shape index (κ1) is 15.2. The summed E-state index contributed by atoms with van der Waals surface area (Å²) >= 11 is 0. The summed E-state index contributed by atoms with van der Waals surface area (Å²) < 4.78 is 5.46. The third kappa shape index (κ3) is 9.77. The van der Waals surface area contributed by atoms with Gasteiger partial charge in [-0.2, -0.15) is 0 Å². The minimum Gasteiger partial charge on any atom is -0.379 e. The second kappa shape index (κ2) is 10.7. The maximum atomic E-state index is 5.46. The zero-order chi connectivity index (χ0) is 12.2. The molecule has 0 aromatic rings. The highest BCUT2D eigenvalue weighted by Crippen LogP contribution is 1.89. The van der Waals surface area contributed by atoms with E-state index in [1.807, 2.05) is 0 Å². The summed E-state index contributed by atoms with van der Waals surface area (Å²) in [5.74, 6) is 0.911. The lowest BCUT2D eigenvalue weighted by Crippen LogP contribution is -2.38. The Bertz CT molecular complexity index is 181. The lowest BCUT2D eigenvalue weighted by atomic mass is 10.4. The van der Waals surface area contributed by atoms with Crippen molar-refractivity contribution in [1.82, 2.24) is 10.6 Å². The van der Waals surface area contributed by atoms with Crippen molar-refractivity contribution in [1.29, 1.82) is 0 Å². The quantitative estimate of drug-likeness (QED) is 0.379. The van der Waals surface area contributed by atoms with Gasteiger partial charge in [-0.25, -0.2) is 0 Å². The summed E-state index contributed by atoms with van der Waals surface area (Å²) in [7, 11) is 0. The average Bonchev–Trinajstić information content (AvgIpc) is 2.24. The monoisotopic (exact) mass is 229 g/mol. The predicted octanol–water partition coefficient (Wildman–Crippen LogP) is 1.77. The molecule has 0 unspecified atom stereocenters. The summed E-state index contributed by atoms with van der Waals surface area (Å²) in [5.41, 5.74) is 0. The number of nitrogens with one attached hydrogen (secondary N) is 2. The maximum absolute atomic E-state index is 5.46. The van der Waals surface area contributed by atoms with Gasteiger partial charge in [-0.1, -0.05) is 6.92 Å². The Morgan fingerprint density at radius 2 is 2.00 bits per heavy atom. The van der Waals surface area contributed by atoms with Crippen molar-refractivity contribution in [2.24, 2.45) is 4.99 Å². The van der Waals surface area contributed by atoms with Crippen LogP contribution in [0.4, 0.5) is 0 Å². The third-order valence-corrected chi connectivity index (χ3v) is 1.90. The van der Waals surface area contributed by atoms with Gasteiger partial charge in [0.25, 0.3) is 0 Å². The molecule has 0 bridgehead atoms. The van der Waals surface area contributed by atoms with Crippen LogP contribution < -0.4 is 10.6 Å². The van der Waals surface area contributed by atoms with E-state index in [-0.39, 0.29) is 0 Å². The van der Waals surface area contributed by atoms with Crippen molar-refractivity contribution < 1.29 is 4.74 Å². The molecule has 0 rings (SSSR count). The van der Waals surface area contributed by atoms with E-state index in [4.69, 9.17) is 4.74 Å². The van der Waals surface area contributed by atoms with E-state index in [1.54, 1.807) is 0 Å². The van der Waals surface area contributed by atoms with Gasteiger partial charge in [0.1, 0.15) is 0 Å². The fourth-order valence-electron chi connectivity index (χ4n) is 1.16. The predicted molar refractivity (Wildman–Crippen MR) is 70.0 cm³/mol. The topological polar surface area (TPSA) is 45.7 Å². The molecular formula is C12H27N3O. The average molecular weight is 229 g/mol. The van der Waals surface area contributed by atoms with Gasteiger partial charge in [0.05, 0.1) is 6.10 Å². The van der Waals surface area contributed by atoms with Gasteiger partial charge in [-0.15, -0.1) is 0 Å². The minimum atomic E-state index is 0.321. The highest BCUT2D eigenvalue weighted by molar-refractivity contribution is 5.79. The molecule has 4 nitrogen and oxygen atoms in total. The van der Waals surface area contributed by atoms with Crippen LogP contribution in [-0.4, -0.2) is 38.3 Å². The van der Waals surface area contributed by atoms with Crippen LogP contribution in [-0.2, 0) is 4.74 Å². The molecule has 0 fully saturated rings. The first-order chi connectivity index (χ1) is 7.70. The fraction of sp³-hybridized carbons (Fsp3) is 0.917. The van der Waals surface area contributed by atoms with Crippen LogP contribution in [0.3, 0.4) is 0 Å². The highest BCUT2D eigenvalue weighted by atomic mass is 16.5. The maximum Gasteiger partial charge on any atom is 0.191 e. The van der Waals surface area contributed by atoms with Crippen molar-refractivity contribution in [2.45, 2.75) is 46.6 Å². The van der Waals surface area contributed by atoms with Crippen LogP contribution in [0.25, 0.3) is 0 Å². The van der Waals surface area contributed by atoms with Crippen LogP contribution in [0.1, 0.15) is 40.5 Å². The largest absolute Gasteiger partial charge is 0.379 e. The van der Waals surface area contributed by atoms with Crippen LogP contribution in [0.15, 0.2) is 4.99 Å². The molecule has 0 aliphatic rings. The molecule has 0 radical (unpaired) electrons. The van der Waals surface area contributed by atoms with E-state index in [0.29, 0.717) is 6.10 Å². The molecule has 0 atom stereocenters. The molecule has 2 N–H and O–H groups in total. The summed E-state index contributed by atoms with van der Waals surface area (Å²) in [4.78, 5) is 4.42. The zero-order valence-electron chi connectivity index (χ0n) is 11.2. The third-order valence-electron chi connectivity index (χ3n) is 1.90. The number of guanidine groups is 1. The van der Waals surface area contributed by atoms with Crippen LogP contribution in [0.2, 0.25) is 0 Å². The molecule has 0 aromatic carbocycles. The van der Waals surface area contributed by atoms with Crippen molar-refractivity contribution in [2.75, 3.05) is 26.2 Å². The lowest BCUT2D eigenvalue weighted by molar-refractivity contribution is 0.0776. The molecule has 4 heteroatoms. The molecule has 0 amide bonds. The van der Waals surface area contributed by atoms with Crippen molar-refractivity contribution in [3.05, 3.63) is 0 Å². The van der Waals surface area contributed by atoms with Gasteiger partial charge in [0, 0.05) is 26.2 Å². The zero-order valence-corrected chi connectivity index (χ0v) is 11.2. The standard InChI is InChI=1S/C12H27N3O/c1-5-8-14-12(13-6-2)15-9-7-10-16-11(3)4/h11H,5-10H2,1-4H3,(H2,13,14,15). The summed E-state index contributed by atoms with van der Waals surface area (Å²) in [6.07, 6.45) is 2.41. The molecular weight excluding hydrogens is 202 g/mol. The smallest absolute Gasteiger partial charge is 0.191 e.